The minimum Gasteiger partial charge on any atom is -0.376 e. The SMILES string of the molecule is Cc1cc(C)c2[nH]c(=O)c(C(c3nnnn3CC3CCCO3)N3CCCc4ccccc43)cc2c1. The van der Waals surface area contributed by atoms with Crippen molar-refractivity contribution in [3.8, 4) is 0 Å². The summed E-state index contributed by atoms with van der Waals surface area (Å²) in [4.78, 5) is 19.1. The largest absolute Gasteiger partial charge is 0.376 e. The highest BCUT2D eigenvalue weighted by atomic mass is 16.5. The van der Waals surface area contributed by atoms with E-state index < -0.39 is 6.04 Å². The Labute approximate surface area is 203 Å². The quantitative estimate of drug-likeness (QED) is 0.477. The highest BCUT2D eigenvalue weighted by Crippen LogP contribution is 2.37. The van der Waals surface area contributed by atoms with E-state index in [0.29, 0.717) is 17.9 Å². The van der Waals surface area contributed by atoms with E-state index in [0.717, 1.165) is 66.6 Å². The molecule has 0 amide bonds. The molecule has 1 N–H and O–H groups in total. The van der Waals surface area contributed by atoms with Crippen LogP contribution >= 0.6 is 0 Å². The molecule has 6 rings (SSSR count). The van der Waals surface area contributed by atoms with Crippen LogP contribution in [-0.4, -0.2) is 44.4 Å². The molecule has 35 heavy (non-hydrogen) atoms. The molecule has 180 valence electrons. The highest BCUT2D eigenvalue weighted by Gasteiger charge is 2.34. The molecule has 0 aliphatic carbocycles. The van der Waals surface area contributed by atoms with E-state index in [1.54, 1.807) is 0 Å². The van der Waals surface area contributed by atoms with E-state index in [1.165, 1.54) is 5.56 Å². The Hall–Kier alpha value is -3.52. The summed E-state index contributed by atoms with van der Waals surface area (Å²) in [6, 6.07) is 14.3. The number of anilines is 1. The molecule has 4 aromatic rings. The standard InChI is InChI=1S/C27H30N6O2/c1-17-13-18(2)24-20(14-17)15-22(27(34)28-24)25(32-11-5-8-19-7-3-4-10-23(19)32)26-29-30-31-33(26)16-21-9-6-12-35-21/h3-4,7,10,13-15,21,25H,5-6,8-9,11-12,16H2,1-2H3,(H,28,34). The van der Waals surface area contributed by atoms with Crippen LogP contribution in [0.3, 0.4) is 0 Å². The summed E-state index contributed by atoms with van der Waals surface area (Å²) in [5, 5.41) is 13.9. The van der Waals surface area contributed by atoms with Crippen molar-refractivity contribution < 1.29 is 4.74 Å². The molecule has 2 atom stereocenters. The first-order chi connectivity index (χ1) is 17.1. The van der Waals surface area contributed by atoms with E-state index >= 15 is 0 Å². The maximum atomic E-state index is 13.6. The average molecular weight is 471 g/mol. The number of H-pyrrole nitrogens is 1. The number of hydrogen-bond donors (Lipinski definition) is 1. The van der Waals surface area contributed by atoms with Gasteiger partial charge in [0.15, 0.2) is 5.82 Å². The normalized spacial score (nSPS) is 18.7. The minimum absolute atomic E-state index is 0.0896. The van der Waals surface area contributed by atoms with Crippen molar-refractivity contribution in [2.24, 2.45) is 0 Å². The fourth-order valence-electron chi connectivity index (χ4n) is 5.70. The van der Waals surface area contributed by atoms with Gasteiger partial charge in [0.05, 0.1) is 18.2 Å². The van der Waals surface area contributed by atoms with Gasteiger partial charge >= 0.3 is 0 Å². The summed E-state index contributed by atoms with van der Waals surface area (Å²) in [6.45, 7) is 6.29. The van der Waals surface area contributed by atoms with E-state index in [4.69, 9.17) is 4.74 Å². The summed E-state index contributed by atoms with van der Waals surface area (Å²) >= 11 is 0. The van der Waals surface area contributed by atoms with Crippen molar-refractivity contribution >= 4 is 16.6 Å². The van der Waals surface area contributed by atoms with Crippen LogP contribution in [0.5, 0.6) is 0 Å². The van der Waals surface area contributed by atoms with Crippen LogP contribution in [0.4, 0.5) is 5.69 Å². The molecule has 8 nitrogen and oxygen atoms in total. The number of benzene rings is 2. The second kappa shape index (κ2) is 8.92. The van der Waals surface area contributed by atoms with Crippen LogP contribution in [0.25, 0.3) is 10.9 Å². The zero-order valence-corrected chi connectivity index (χ0v) is 20.2. The van der Waals surface area contributed by atoms with Gasteiger partial charge in [-0.3, -0.25) is 4.79 Å². The van der Waals surface area contributed by atoms with Crippen LogP contribution in [0.2, 0.25) is 0 Å². The van der Waals surface area contributed by atoms with Crippen LogP contribution in [0, 0.1) is 13.8 Å². The minimum atomic E-state index is -0.415. The number of rotatable bonds is 5. The topological polar surface area (TPSA) is 88.9 Å². The molecule has 0 spiro atoms. The predicted molar refractivity (Wildman–Crippen MR) is 135 cm³/mol. The highest BCUT2D eigenvalue weighted by molar-refractivity contribution is 5.83. The predicted octanol–water partition coefficient (Wildman–Crippen LogP) is 3.85. The molecule has 2 aromatic carbocycles. The third kappa shape index (κ3) is 4.01. The van der Waals surface area contributed by atoms with Crippen molar-refractivity contribution in [3.05, 3.63) is 80.9 Å². The Morgan fingerprint density at radius 2 is 2.06 bits per heavy atom. The second-order valence-corrected chi connectivity index (χ2v) is 9.78. The number of para-hydroxylation sites is 1. The van der Waals surface area contributed by atoms with Gasteiger partial charge in [0.2, 0.25) is 0 Å². The first-order valence-corrected chi connectivity index (χ1v) is 12.4. The third-order valence-corrected chi connectivity index (χ3v) is 7.28. The lowest BCUT2D eigenvalue weighted by molar-refractivity contribution is 0.0924. The van der Waals surface area contributed by atoms with Crippen molar-refractivity contribution in [1.29, 1.82) is 0 Å². The van der Waals surface area contributed by atoms with E-state index in [2.05, 4.69) is 68.7 Å². The molecular weight excluding hydrogens is 440 g/mol. The maximum Gasteiger partial charge on any atom is 0.254 e. The average Bonchev–Trinajstić information content (AvgIpc) is 3.53. The van der Waals surface area contributed by atoms with E-state index in [1.807, 2.05) is 17.7 Å². The first kappa shape index (κ1) is 22.0. The van der Waals surface area contributed by atoms with Gasteiger partial charge in [0.1, 0.15) is 6.04 Å². The van der Waals surface area contributed by atoms with Gasteiger partial charge in [-0.1, -0.05) is 29.8 Å². The van der Waals surface area contributed by atoms with Gasteiger partial charge in [0, 0.05) is 24.4 Å². The molecule has 0 bridgehead atoms. The lowest BCUT2D eigenvalue weighted by Crippen LogP contribution is -2.39. The molecular formula is C27H30N6O2. The Kier molecular flexibility index (Phi) is 5.60. The molecule has 4 heterocycles. The number of aromatic nitrogens is 5. The number of nitrogens with one attached hydrogen (secondary N) is 1. The molecule has 1 saturated heterocycles. The zero-order chi connectivity index (χ0) is 23.9. The van der Waals surface area contributed by atoms with Gasteiger partial charge in [-0.25, -0.2) is 4.68 Å². The summed E-state index contributed by atoms with van der Waals surface area (Å²) in [6.07, 6.45) is 4.16. The number of fused-ring (bicyclic) bond motifs is 2. The Bertz CT molecular complexity index is 1440. The number of pyridine rings is 1. The van der Waals surface area contributed by atoms with Crippen LogP contribution in [-0.2, 0) is 17.7 Å². The van der Waals surface area contributed by atoms with Crippen molar-refractivity contribution in [2.45, 2.75) is 58.2 Å². The summed E-state index contributed by atoms with van der Waals surface area (Å²) < 4.78 is 7.71. The van der Waals surface area contributed by atoms with Gasteiger partial charge in [-0.15, -0.1) is 5.10 Å². The Morgan fingerprint density at radius 1 is 1.17 bits per heavy atom. The lowest BCUT2D eigenvalue weighted by atomic mass is 9.95. The monoisotopic (exact) mass is 470 g/mol. The molecule has 2 aliphatic heterocycles. The van der Waals surface area contributed by atoms with Gasteiger partial charge in [0.25, 0.3) is 5.56 Å². The number of aromatic amines is 1. The number of hydrogen-bond acceptors (Lipinski definition) is 6. The Morgan fingerprint density at radius 3 is 2.91 bits per heavy atom. The van der Waals surface area contributed by atoms with Crippen LogP contribution < -0.4 is 10.5 Å². The van der Waals surface area contributed by atoms with Crippen LogP contribution in [0.15, 0.2) is 47.3 Å². The molecule has 0 saturated carbocycles. The van der Waals surface area contributed by atoms with E-state index in [9.17, 15) is 4.79 Å². The fraction of sp³-hybridized carbons (Fsp3) is 0.407. The maximum absolute atomic E-state index is 13.6. The summed E-state index contributed by atoms with van der Waals surface area (Å²) in [5.41, 5.74) is 6.07. The number of nitrogens with zero attached hydrogens (tertiary/aromatic N) is 5. The summed E-state index contributed by atoms with van der Waals surface area (Å²) in [5.74, 6) is 0.673. The number of aryl methyl sites for hydroxylation is 3. The summed E-state index contributed by atoms with van der Waals surface area (Å²) in [7, 11) is 0. The second-order valence-electron chi connectivity index (χ2n) is 9.78. The Balaban J connectivity index is 1.54. The van der Waals surface area contributed by atoms with Crippen LogP contribution in [0.1, 0.15) is 53.4 Å². The smallest absolute Gasteiger partial charge is 0.254 e. The van der Waals surface area contributed by atoms with Gasteiger partial charge in [-0.05, 0) is 84.7 Å². The molecule has 2 aromatic heterocycles. The first-order valence-electron chi connectivity index (χ1n) is 12.4. The van der Waals surface area contributed by atoms with Gasteiger partial charge < -0.3 is 14.6 Å². The van der Waals surface area contributed by atoms with Crippen molar-refractivity contribution in [2.75, 3.05) is 18.1 Å². The molecule has 0 radical (unpaired) electrons. The number of ether oxygens (including phenoxy) is 1. The zero-order valence-electron chi connectivity index (χ0n) is 20.2. The fourth-order valence-corrected chi connectivity index (χ4v) is 5.70. The van der Waals surface area contributed by atoms with Crippen molar-refractivity contribution in [3.63, 3.8) is 0 Å². The molecule has 2 aliphatic rings. The molecule has 8 heteroatoms. The lowest BCUT2D eigenvalue weighted by Gasteiger charge is -2.37. The van der Waals surface area contributed by atoms with E-state index in [-0.39, 0.29) is 11.7 Å². The molecule has 1 fully saturated rings. The molecule has 2 unspecified atom stereocenters. The third-order valence-electron chi connectivity index (χ3n) is 7.28. The number of tetrazole rings is 1. The van der Waals surface area contributed by atoms with Gasteiger partial charge in [-0.2, -0.15) is 0 Å². The van der Waals surface area contributed by atoms with Crippen molar-refractivity contribution in [1.82, 2.24) is 25.2 Å².